The van der Waals surface area contributed by atoms with Crippen LogP contribution in [-0.2, 0) is 6.54 Å². The number of nitrogens with one attached hydrogen (secondary N) is 1. The number of benzene rings is 2. The fraction of sp³-hybridized carbons (Fsp3) is 0.176. The molecule has 0 aliphatic heterocycles. The van der Waals surface area contributed by atoms with Gasteiger partial charge in [-0.15, -0.1) is 11.8 Å². The van der Waals surface area contributed by atoms with Crippen molar-refractivity contribution in [2.45, 2.75) is 18.4 Å². The van der Waals surface area contributed by atoms with Gasteiger partial charge in [0.2, 0.25) is 0 Å². The summed E-state index contributed by atoms with van der Waals surface area (Å²) in [5, 5.41) is 4.69. The third kappa shape index (κ3) is 2.68. The van der Waals surface area contributed by atoms with Crippen molar-refractivity contribution in [3.05, 3.63) is 60.4 Å². The van der Waals surface area contributed by atoms with Gasteiger partial charge >= 0.3 is 0 Å². The highest BCUT2D eigenvalue weighted by atomic mass is 32.2. The van der Waals surface area contributed by atoms with Gasteiger partial charge in [0.05, 0.1) is 6.26 Å². The summed E-state index contributed by atoms with van der Waals surface area (Å²) in [5.74, 6) is 1.08. The SMILES string of the molecule is CCSc1ccccc1NCc1coc2ccccc12. The first kappa shape index (κ1) is 13.1. The predicted octanol–water partition coefficient (Wildman–Crippen LogP) is 5.16. The zero-order valence-electron chi connectivity index (χ0n) is 11.4. The molecule has 1 N–H and O–H groups in total. The molecule has 1 aromatic heterocycles. The monoisotopic (exact) mass is 283 g/mol. The zero-order valence-corrected chi connectivity index (χ0v) is 12.2. The van der Waals surface area contributed by atoms with Crippen LogP contribution in [0.15, 0.2) is 64.1 Å². The van der Waals surface area contributed by atoms with Crippen molar-refractivity contribution >= 4 is 28.4 Å². The molecule has 3 rings (SSSR count). The second-order valence-electron chi connectivity index (χ2n) is 4.54. The summed E-state index contributed by atoms with van der Waals surface area (Å²) in [7, 11) is 0. The van der Waals surface area contributed by atoms with Gasteiger partial charge in [0.1, 0.15) is 5.58 Å². The van der Waals surface area contributed by atoms with Gasteiger partial charge < -0.3 is 9.73 Å². The number of anilines is 1. The average Bonchev–Trinajstić information content (AvgIpc) is 2.90. The Bertz CT molecular complexity index is 705. The first-order valence-electron chi connectivity index (χ1n) is 6.79. The Labute approximate surface area is 123 Å². The molecule has 0 radical (unpaired) electrons. The van der Waals surface area contributed by atoms with Crippen LogP contribution in [0.3, 0.4) is 0 Å². The highest BCUT2D eigenvalue weighted by molar-refractivity contribution is 7.99. The largest absolute Gasteiger partial charge is 0.464 e. The minimum atomic E-state index is 0.776. The molecule has 0 atom stereocenters. The number of hydrogen-bond donors (Lipinski definition) is 1. The molecule has 1 heterocycles. The fourth-order valence-corrected chi connectivity index (χ4v) is 3.04. The number of para-hydroxylation sites is 2. The summed E-state index contributed by atoms with van der Waals surface area (Å²) in [4.78, 5) is 1.29. The standard InChI is InChI=1S/C17H17NOS/c1-2-20-17-10-6-4-8-15(17)18-11-13-12-19-16-9-5-3-7-14(13)16/h3-10,12,18H,2,11H2,1H3. The van der Waals surface area contributed by atoms with Crippen molar-refractivity contribution in [1.29, 1.82) is 0 Å². The predicted molar refractivity (Wildman–Crippen MR) is 86.4 cm³/mol. The van der Waals surface area contributed by atoms with Crippen LogP contribution in [-0.4, -0.2) is 5.75 Å². The maximum atomic E-state index is 5.57. The topological polar surface area (TPSA) is 25.2 Å². The van der Waals surface area contributed by atoms with Crippen molar-refractivity contribution in [2.24, 2.45) is 0 Å². The quantitative estimate of drug-likeness (QED) is 0.655. The van der Waals surface area contributed by atoms with Crippen LogP contribution in [0, 0.1) is 0 Å². The van der Waals surface area contributed by atoms with Crippen LogP contribution in [0.1, 0.15) is 12.5 Å². The highest BCUT2D eigenvalue weighted by Gasteiger charge is 2.06. The van der Waals surface area contributed by atoms with E-state index in [9.17, 15) is 0 Å². The Hall–Kier alpha value is -1.87. The first-order valence-corrected chi connectivity index (χ1v) is 7.78. The van der Waals surface area contributed by atoms with E-state index in [4.69, 9.17) is 4.42 Å². The van der Waals surface area contributed by atoms with Crippen molar-refractivity contribution in [2.75, 3.05) is 11.1 Å². The maximum absolute atomic E-state index is 5.57. The summed E-state index contributed by atoms with van der Waals surface area (Å²) in [6.07, 6.45) is 1.84. The van der Waals surface area contributed by atoms with Crippen molar-refractivity contribution in [3.63, 3.8) is 0 Å². The molecule has 0 fully saturated rings. The molecule has 3 heteroatoms. The minimum Gasteiger partial charge on any atom is -0.464 e. The van der Waals surface area contributed by atoms with Crippen LogP contribution in [0.2, 0.25) is 0 Å². The second-order valence-corrected chi connectivity index (χ2v) is 5.85. The van der Waals surface area contributed by atoms with Gasteiger partial charge in [-0.1, -0.05) is 37.3 Å². The normalized spacial score (nSPS) is 10.8. The Balaban J connectivity index is 1.80. The molecule has 0 aliphatic carbocycles. The number of hydrogen-bond acceptors (Lipinski definition) is 3. The van der Waals surface area contributed by atoms with E-state index in [0.29, 0.717) is 0 Å². The van der Waals surface area contributed by atoms with E-state index >= 15 is 0 Å². The molecular weight excluding hydrogens is 266 g/mol. The molecule has 3 aromatic rings. The number of thioether (sulfide) groups is 1. The van der Waals surface area contributed by atoms with Crippen LogP contribution in [0.25, 0.3) is 11.0 Å². The van der Waals surface area contributed by atoms with Crippen LogP contribution >= 0.6 is 11.8 Å². The summed E-state index contributed by atoms with van der Waals surface area (Å²) in [5.41, 5.74) is 3.32. The molecule has 0 saturated carbocycles. The lowest BCUT2D eigenvalue weighted by atomic mass is 10.2. The van der Waals surface area contributed by atoms with E-state index in [1.165, 1.54) is 21.5 Å². The van der Waals surface area contributed by atoms with Crippen LogP contribution in [0.4, 0.5) is 5.69 Å². The van der Waals surface area contributed by atoms with Gasteiger partial charge in [-0.05, 0) is 24.0 Å². The van der Waals surface area contributed by atoms with E-state index in [1.807, 2.05) is 36.2 Å². The second kappa shape index (κ2) is 6.06. The Kier molecular flexibility index (Phi) is 3.97. The highest BCUT2D eigenvalue weighted by Crippen LogP contribution is 2.28. The number of rotatable bonds is 5. The van der Waals surface area contributed by atoms with Gasteiger partial charge in [0.15, 0.2) is 0 Å². The lowest BCUT2D eigenvalue weighted by molar-refractivity contribution is 0.611. The maximum Gasteiger partial charge on any atom is 0.134 e. The average molecular weight is 283 g/mol. The summed E-state index contributed by atoms with van der Waals surface area (Å²) in [6.45, 7) is 2.95. The Morgan fingerprint density at radius 3 is 2.75 bits per heavy atom. The molecule has 0 saturated heterocycles. The van der Waals surface area contributed by atoms with E-state index < -0.39 is 0 Å². The van der Waals surface area contributed by atoms with Crippen molar-refractivity contribution in [3.8, 4) is 0 Å². The Morgan fingerprint density at radius 2 is 1.85 bits per heavy atom. The third-order valence-corrected chi connectivity index (χ3v) is 4.17. The lowest BCUT2D eigenvalue weighted by Gasteiger charge is -2.10. The molecule has 102 valence electrons. The number of furan rings is 1. The molecule has 0 aliphatic rings. The molecule has 20 heavy (non-hydrogen) atoms. The molecule has 2 aromatic carbocycles. The van der Waals surface area contributed by atoms with Gasteiger partial charge in [-0.2, -0.15) is 0 Å². The molecular formula is C17H17NOS. The molecule has 0 unspecified atom stereocenters. The molecule has 2 nitrogen and oxygen atoms in total. The third-order valence-electron chi connectivity index (χ3n) is 3.22. The summed E-state index contributed by atoms with van der Waals surface area (Å²) >= 11 is 1.86. The van der Waals surface area contributed by atoms with Gasteiger partial charge in [0.25, 0.3) is 0 Å². The summed E-state index contributed by atoms with van der Waals surface area (Å²) in [6, 6.07) is 16.6. The van der Waals surface area contributed by atoms with E-state index in [-0.39, 0.29) is 0 Å². The van der Waals surface area contributed by atoms with Crippen molar-refractivity contribution < 1.29 is 4.42 Å². The van der Waals surface area contributed by atoms with Crippen LogP contribution in [0.5, 0.6) is 0 Å². The summed E-state index contributed by atoms with van der Waals surface area (Å²) < 4.78 is 5.57. The zero-order chi connectivity index (χ0) is 13.8. The first-order chi connectivity index (χ1) is 9.88. The molecule has 0 amide bonds. The van der Waals surface area contributed by atoms with Crippen LogP contribution < -0.4 is 5.32 Å². The van der Waals surface area contributed by atoms with E-state index in [0.717, 1.165) is 17.9 Å². The minimum absolute atomic E-state index is 0.776. The van der Waals surface area contributed by atoms with Gasteiger partial charge in [-0.3, -0.25) is 0 Å². The molecule has 0 spiro atoms. The number of fused-ring (bicyclic) bond motifs is 1. The van der Waals surface area contributed by atoms with Crippen molar-refractivity contribution in [1.82, 2.24) is 0 Å². The smallest absolute Gasteiger partial charge is 0.134 e. The Morgan fingerprint density at radius 1 is 1.05 bits per heavy atom. The molecule has 0 bridgehead atoms. The van der Waals surface area contributed by atoms with Gasteiger partial charge in [-0.25, -0.2) is 0 Å². The van der Waals surface area contributed by atoms with Gasteiger partial charge in [0, 0.05) is 28.1 Å². The van der Waals surface area contributed by atoms with E-state index in [1.54, 1.807) is 0 Å². The fourth-order valence-electron chi connectivity index (χ4n) is 2.25. The lowest BCUT2D eigenvalue weighted by Crippen LogP contribution is -1.99. The van der Waals surface area contributed by atoms with E-state index in [2.05, 4.69) is 42.6 Å².